The molecule has 2 heterocycles. The van der Waals surface area contributed by atoms with E-state index in [0.717, 1.165) is 25.2 Å². The first-order valence-corrected chi connectivity index (χ1v) is 6.56. The Labute approximate surface area is 112 Å². The zero-order chi connectivity index (χ0) is 13.1. The van der Waals surface area contributed by atoms with E-state index in [1.165, 1.54) is 16.5 Å². The fraction of sp³-hybridized carbons (Fsp3) is 0.267. The van der Waals surface area contributed by atoms with Gasteiger partial charge in [-0.2, -0.15) is 5.10 Å². The number of H-pyrrole nitrogens is 1. The van der Waals surface area contributed by atoms with E-state index in [1.807, 2.05) is 24.1 Å². The zero-order valence-corrected chi connectivity index (χ0v) is 11.1. The predicted molar refractivity (Wildman–Crippen MR) is 76.9 cm³/mol. The molecular weight excluding hydrogens is 236 g/mol. The fourth-order valence-electron chi connectivity index (χ4n) is 2.25. The number of aromatic amines is 1. The van der Waals surface area contributed by atoms with Crippen LogP contribution in [0.3, 0.4) is 0 Å². The van der Waals surface area contributed by atoms with E-state index < -0.39 is 0 Å². The summed E-state index contributed by atoms with van der Waals surface area (Å²) in [6, 6.07) is 10.7. The van der Waals surface area contributed by atoms with Gasteiger partial charge in [0.1, 0.15) is 0 Å². The molecule has 2 N–H and O–H groups in total. The number of nitrogens with one attached hydrogen (secondary N) is 2. The highest BCUT2D eigenvalue weighted by Gasteiger charge is 1.99. The molecule has 0 aliphatic carbocycles. The van der Waals surface area contributed by atoms with E-state index in [0.29, 0.717) is 0 Å². The molecule has 3 rings (SSSR count). The number of rotatable bonds is 5. The van der Waals surface area contributed by atoms with Crippen molar-refractivity contribution in [3.63, 3.8) is 0 Å². The number of aryl methyl sites for hydroxylation is 1. The molecule has 0 aliphatic rings. The predicted octanol–water partition coefficient (Wildman–Crippen LogP) is 2.23. The van der Waals surface area contributed by atoms with Gasteiger partial charge in [0.25, 0.3) is 0 Å². The van der Waals surface area contributed by atoms with Gasteiger partial charge in [0.15, 0.2) is 0 Å². The highest BCUT2D eigenvalue weighted by Crippen LogP contribution is 2.13. The largest absolute Gasteiger partial charge is 0.361 e. The van der Waals surface area contributed by atoms with Crippen LogP contribution >= 0.6 is 0 Å². The molecule has 0 amide bonds. The van der Waals surface area contributed by atoms with Crippen LogP contribution in [-0.2, 0) is 20.0 Å². The molecule has 3 aromatic rings. The molecule has 0 atom stereocenters. The van der Waals surface area contributed by atoms with Gasteiger partial charge in [0.05, 0.1) is 5.69 Å². The average Bonchev–Trinajstić information content (AvgIpc) is 3.03. The second-order valence-electron chi connectivity index (χ2n) is 4.81. The fourth-order valence-corrected chi connectivity index (χ4v) is 2.25. The topological polar surface area (TPSA) is 45.6 Å². The summed E-state index contributed by atoms with van der Waals surface area (Å²) in [5, 5.41) is 9.08. The molecular formula is C15H18N4. The number of benzene rings is 1. The van der Waals surface area contributed by atoms with Crippen LogP contribution in [0.5, 0.6) is 0 Å². The van der Waals surface area contributed by atoms with Gasteiger partial charge in [0, 0.05) is 44.5 Å². The number of aromatic nitrogens is 3. The molecule has 0 unspecified atom stereocenters. The minimum absolute atomic E-state index is 0.891. The third-order valence-corrected chi connectivity index (χ3v) is 3.28. The number of fused-ring (bicyclic) bond motifs is 1. The van der Waals surface area contributed by atoms with Crippen LogP contribution < -0.4 is 5.32 Å². The monoisotopic (exact) mass is 254 g/mol. The molecule has 4 nitrogen and oxygen atoms in total. The average molecular weight is 254 g/mol. The maximum atomic E-state index is 4.36. The first-order valence-electron chi connectivity index (χ1n) is 6.56. The van der Waals surface area contributed by atoms with Crippen molar-refractivity contribution in [1.82, 2.24) is 20.1 Å². The molecule has 0 saturated carbocycles. The van der Waals surface area contributed by atoms with Crippen LogP contribution in [-0.4, -0.2) is 21.3 Å². The van der Waals surface area contributed by atoms with Crippen LogP contribution in [0.4, 0.5) is 0 Å². The third kappa shape index (κ3) is 2.85. The molecule has 4 heteroatoms. The van der Waals surface area contributed by atoms with Crippen molar-refractivity contribution in [2.24, 2.45) is 7.05 Å². The van der Waals surface area contributed by atoms with Crippen LogP contribution in [0.15, 0.2) is 42.7 Å². The summed E-state index contributed by atoms with van der Waals surface area (Å²) >= 11 is 0. The molecule has 1 aromatic carbocycles. The number of hydrogen-bond donors (Lipinski definition) is 2. The van der Waals surface area contributed by atoms with Gasteiger partial charge in [-0.1, -0.05) is 12.1 Å². The van der Waals surface area contributed by atoms with E-state index in [2.05, 4.69) is 45.7 Å². The lowest BCUT2D eigenvalue weighted by Gasteiger charge is -2.04. The Morgan fingerprint density at radius 3 is 3.05 bits per heavy atom. The summed E-state index contributed by atoms with van der Waals surface area (Å²) in [7, 11) is 1.95. The number of hydrogen-bond acceptors (Lipinski definition) is 2. The molecule has 0 fully saturated rings. The quantitative estimate of drug-likeness (QED) is 0.686. The van der Waals surface area contributed by atoms with Gasteiger partial charge in [-0.15, -0.1) is 0 Å². The van der Waals surface area contributed by atoms with Crippen molar-refractivity contribution in [1.29, 1.82) is 0 Å². The zero-order valence-electron chi connectivity index (χ0n) is 11.1. The Balaban J connectivity index is 1.51. The second kappa shape index (κ2) is 5.28. The molecule has 2 aromatic heterocycles. The summed E-state index contributed by atoms with van der Waals surface area (Å²) in [5.41, 5.74) is 3.63. The normalized spacial score (nSPS) is 11.2. The van der Waals surface area contributed by atoms with E-state index in [1.54, 1.807) is 0 Å². The van der Waals surface area contributed by atoms with Crippen molar-refractivity contribution in [3.8, 4) is 0 Å². The maximum Gasteiger partial charge on any atom is 0.0637 e. The van der Waals surface area contributed by atoms with Gasteiger partial charge in [-0.25, -0.2) is 0 Å². The van der Waals surface area contributed by atoms with Gasteiger partial charge in [-0.3, -0.25) is 4.68 Å². The van der Waals surface area contributed by atoms with Crippen molar-refractivity contribution in [2.45, 2.75) is 13.0 Å². The molecule has 98 valence electrons. The lowest BCUT2D eigenvalue weighted by molar-refractivity contribution is 0.666. The Morgan fingerprint density at radius 2 is 2.21 bits per heavy atom. The Kier molecular flexibility index (Phi) is 3.33. The third-order valence-electron chi connectivity index (χ3n) is 3.28. The van der Waals surface area contributed by atoms with Crippen LogP contribution in [0.1, 0.15) is 11.3 Å². The van der Waals surface area contributed by atoms with Crippen LogP contribution in [0.2, 0.25) is 0 Å². The van der Waals surface area contributed by atoms with E-state index in [-0.39, 0.29) is 0 Å². The molecule has 0 aliphatic heterocycles. The van der Waals surface area contributed by atoms with Crippen LogP contribution in [0, 0.1) is 0 Å². The van der Waals surface area contributed by atoms with E-state index in [4.69, 9.17) is 0 Å². The molecule has 0 radical (unpaired) electrons. The summed E-state index contributed by atoms with van der Waals surface area (Å²) in [4.78, 5) is 3.24. The smallest absolute Gasteiger partial charge is 0.0637 e. The first kappa shape index (κ1) is 12.0. The Bertz CT molecular complexity index is 665. The summed E-state index contributed by atoms with van der Waals surface area (Å²) in [6.07, 6.45) is 4.92. The molecule has 19 heavy (non-hydrogen) atoms. The van der Waals surface area contributed by atoms with Crippen molar-refractivity contribution in [2.75, 3.05) is 6.54 Å². The maximum absolute atomic E-state index is 4.36. The Hall–Kier alpha value is -2.07. The minimum atomic E-state index is 0.891. The van der Waals surface area contributed by atoms with Gasteiger partial charge < -0.3 is 10.3 Å². The second-order valence-corrected chi connectivity index (χ2v) is 4.81. The summed E-state index contributed by atoms with van der Waals surface area (Å²) in [5.74, 6) is 0. The number of nitrogens with zero attached hydrogens (tertiary/aromatic N) is 2. The lowest BCUT2D eigenvalue weighted by Crippen LogP contribution is -2.16. The van der Waals surface area contributed by atoms with Crippen molar-refractivity contribution in [3.05, 3.63) is 54.0 Å². The van der Waals surface area contributed by atoms with E-state index in [9.17, 15) is 0 Å². The van der Waals surface area contributed by atoms with Crippen LogP contribution in [0.25, 0.3) is 10.9 Å². The van der Waals surface area contributed by atoms with Gasteiger partial charge >= 0.3 is 0 Å². The highest BCUT2D eigenvalue weighted by atomic mass is 15.2. The lowest BCUT2D eigenvalue weighted by atomic mass is 10.1. The van der Waals surface area contributed by atoms with Crippen molar-refractivity contribution >= 4 is 10.9 Å². The Morgan fingerprint density at radius 1 is 1.26 bits per heavy atom. The SMILES string of the molecule is Cn1ccc(CCNCc2ccc3cc[nH]c3c2)n1. The standard InChI is InChI=1S/C15H18N4/c1-19-9-6-14(18-19)5-7-16-11-12-2-3-13-4-8-17-15(13)10-12/h2-4,6,8-10,16-17H,5,7,11H2,1H3. The minimum Gasteiger partial charge on any atom is -0.361 e. The van der Waals surface area contributed by atoms with Gasteiger partial charge in [0.2, 0.25) is 0 Å². The highest BCUT2D eigenvalue weighted by molar-refractivity contribution is 5.79. The van der Waals surface area contributed by atoms with Gasteiger partial charge in [-0.05, 0) is 29.1 Å². The molecule has 0 spiro atoms. The van der Waals surface area contributed by atoms with Crippen molar-refractivity contribution < 1.29 is 0 Å². The molecule has 0 saturated heterocycles. The summed E-state index contributed by atoms with van der Waals surface area (Å²) < 4.78 is 1.84. The molecule has 0 bridgehead atoms. The summed E-state index contributed by atoms with van der Waals surface area (Å²) in [6.45, 7) is 1.83. The van der Waals surface area contributed by atoms with E-state index >= 15 is 0 Å². The first-order chi connectivity index (χ1) is 9.31.